The summed E-state index contributed by atoms with van der Waals surface area (Å²) in [6, 6.07) is 11.5. The third-order valence-electron chi connectivity index (χ3n) is 2.77. The van der Waals surface area contributed by atoms with Crippen LogP contribution in [-0.2, 0) is 0 Å². The fourth-order valence-corrected chi connectivity index (χ4v) is 2.58. The first-order valence-corrected chi connectivity index (χ1v) is 6.57. The Bertz CT molecular complexity index is 690. The van der Waals surface area contributed by atoms with Gasteiger partial charge in [0.05, 0.1) is 12.0 Å². The van der Waals surface area contributed by atoms with E-state index < -0.39 is 0 Å². The van der Waals surface area contributed by atoms with Crippen molar-refractivity contribution in [2.24, 2.45) is 0 Å². The molecule has 0 saturated heterocycles. The Hall–Kier alpha value is -2.34. The molecule has 0 fully saturated rings. The van der Waals surface area contributed by atoms with Gasteiger partial charge in [-0.25, -0.2) is 0 Å². The average molecular weight is 272 g/mol. The van der Waals surface area contributed by atoms with Crippen LogP contribution in [0.5, 0.6) is 5.75 Å². The lowest BCUT2D eigenvalue weighted by molar-refractivity contribution is 0.411. The number of methoxy groups -OCH3 is 1. The molecule has 0 saturated carbocycles. The van der Waals surface area contributed by atoms with Gasteiger partial charge in [-0.2, -0.15) is 4.68 Å². The van der Waals surface area contributed by atoms with E-state index in [0.717, 1.165) is 10.6 Å². The monoisotopic (exact) mass is 272 g/mol. The average Bonchev–Trinajstić information content (AvgIpc) is 3.08. The van der Waals surface area contributed by atoms with E-state index in [1.807, 2.05) is 41.8 Å². The van der Waals surface area contributed by atoms with Crippen molar-refractivity contribution in [3.05, 3.63) is 41.8 Å². The number of para-hydroxylation sites is 2. The molecule has 0 radical (unpaired) electrons. The second-order valence-electron chi connectivity index (χ2n) is 3.88. The maximum Gasteiger partial charge on any atom is 0.156 e. The molecule has 0 bridgehead atoms. The van der Waals surface area contributed by atoms with Gasteiger partial charge in [-0.15, -0.1) is 16.4 Å². The largest absolute Gasteiger partial charge is 0.494 e. The van der Waals surface area contributed by atoms with Crippen LogP contribution in [0, 0.1) is 0 Å². The van der Waals surface area contributed by atoms with E-state index in [4.69, 9.17) is 10.5 Å². The van der Waals surface area contributed by atoms with Crippen LogP contribution in [0.25, 0.3) is 16.3 Å². The van der Waals surface area contributed by atoms with Gasteiger partial charge in [0.1, 0.15) is 17.1 Å². The topological polar surface area (TPSA) is 66.0 Å². The number of nitrogens with two attached hydrogens (primary N) is 1. The van der Waals surface area contributed by atoms with Gasteiger partial charge < -0.3 is 10.5 Å². The zero-order chi connectivity index (χ0) is 13.2. The Labute approximate surface area is 114 Å². The molecule has 2 heterocycles. The lowest BCUT2D eigenvalue weighted by Gasteiger charge is -2.08. The van der Waals surface area contributed by atoms with Crippen LogP contribution in [0.3, 0.4) is 0 Å². The minimum atomic E-state index is 0.506. The summed E-state index contributed by atoms with van der Waals surface area (Å²) in [6.45, 7) is 0. The minimum Gasteiger partial charge on any atom is -0.494 e. The van der Waals surface area contributed by atoms with E-state index in [0.29, 0.717) is 17.3 Å². The Morgan fingerprint density at radius 1 is 1.21 bits per heavy atom. The van der Waals surface area contributed by atoms with Crippen molar-refractivity contribution in [1.29, 1.82) is 0 Å². The van der Waals surface area contributed by atoms with Gasteiger partial charge in [0.25, 0.3) is 0 Å². The molecule has 6 heteroatoms. The Morgan fingerprint density at radius 3 is 2.79 bits per heavy atom. The molecule has 1 aromatic carbocycles. The van der Waals surface area contributed by atoms with Gasteiger partial charge in [0.2, 0.25) is 0 Å². The van der Waals surface area contributed by atoms with Crippen molar-refractivity contribution in [1.82, 2.24) is 15.0 Å². The summed E-state index contributed by atoms with van der Waals surface area (Å²) in [6.07, 6.45) is 0. The maximum absolute atomic E-state index is 6.14. The summed E-state index contributed by atoms with van der Waals surface area (Å²) in [5.41, 5.74) is 7.61. The molecule has 3 rings (SSSR count). The van der Waals surface area contributed by atoms with Crippen LogP contribution in [0.4, 0.5) is 5.82 Å². The number of ether oxygens (including phenoxy) is 1. The van der Waals surface area contributed by atoms with Crippen LogP contribution in [0.2, 0.25) is 0 Å². The zero-order valence-electron chi connectivity index (χ0n) is 10.3. The predicted molar refractivity (Wildman–Crippen MR) is 75.6 cm³/mol. The second kappa shape index (κ2) is 4.74. The lowest BCUT2D eigenvalue weighted by Crippen LogP contribution is -2.04. The molecular weight excluding hydrogens is 260 g/mol. The van der Waals surface area contributed by atoms with Crippen LogP contribution < -0.4 is 10.5 Å². The molecule has 0 aliphatic carbocycles. The van der Waals surface area contributed by atoms with E-state index >= 15 is 0 Å². The number of anilines is 1. The van der Waals surface area contributed by atoms with Gasteiger partial charge in [0, 0.05) is 0 Å². The zero-order valence-corrected chi connectivity index (χ0v) is 11.1. The summed E-state index contributed by atoms with van der Waals surface area (Å²) in [5.74, 6) is 1.21. The number of hydrogen-bond donors (Lipinski definition) is 1. The third kappa shape index (κ3) is 1.96. The first-order chi connectivity index (χ1) is 9.31. The normalized spacial score (nSPS) is 10.6. The summed E-state index contributed by atoms with van der Waals surface area (Å²) >= 11 is 1.58. The SMILES string of the molecule is COc1ccccc1-n1nnc(-c2cccs2)c1N. The predicted octanol–water partition coefficient (Wildman–Crippen LogP) is 2.59. The Balaban J connectivity index is 2.12. The summed E-state index contributed by atoms with van der Waals surface area (Å²) in [7, 11) is 1.62. The number of aromatic nitrogens is 3. The highest BCUT2D eigenvalue weighted by atomic mass is 32.1. The smallest absolute Gasteiger partial charge is 0.156 e. The van der Waals surface area contributed by atoms with E-state index in [1.165, 1.54) is 0 Å². The first kappa shape index (κ1) is 11.7. The highest BCUT2D eigenvalue weighted by Gasteiger charge is 2.15. The molecular formula is C13H12N4OS. The van der Waals surface area contributed by atoms with E-state index in [1.54, 1.807) is 23.1 Å². The summed E-state index contributed by atoms with van der Waals surface area (Å²) in [4.78, 5) is 0.999. The van der Waals surface area contributed by atoms with Crippen LogP contribution in [0.15, 0.2) is 41.8 Å². The molecule has 0 aliphatic rings. The van der Waals surface area contributed by atoms with Crippen LogP contribution in [0.1, 0.15) is 0 Å². The number of nitrogens with zero attached hydrogens (tertiary/aromatic N) is 3. The second-order valence-corrected chi connectivity index (χ2v) is 4.83. The van der Waals surface area contributed by atoms with Crippen molar-refractivity contribution >= 4 is 17.2 Å². The van der Waals surface area contributed by atoms with Gasteiger partial charge in [-0.05, 0) is 23.6 Å². The molecule has 0 atom stereocenters. The molecule has 96 valence electrons. The van der Waals surface area contributed by atoms with Gasteiger partial charge in [-0.3, -0.25) is 0 Å². The Morgan fingerprint density at radius 2 is 2.05 bits per heavy atom. The highest BCUT2D eigenvalue weighted by molar-refractivity contribution is 7.13. The van der Waals surface area contributed by atoms with E-state index in [9.17, 15) is 0 Å². The number of thiophene rings is 1. The fraction of sp³-hybridized carbons (Fsp3) is 0.0769. The van der Waals surface area contributed by atoms with Crippen LogP contribution >= 0.6 is 11.3 Å². The molecule has 0 spiro atoms. The van der Waals surface area contributed by atoms with Crippen molar-refractivity contribution in [2.75, 3.05) is 12.8 Å². The molecule has 3 aromatic rings. The molecule has 0 unspecified atom stereocenters. The van der Waals surface area contributed by atoms with Gasteiger partial charge in [0.15, 0.2) is 5.82 Å². The van der Waals surface area contributed by atoms with Crippen LogP contribution in [-0.4, -0.2) is 22.1 Å². The van der Waals surface area contributed by atoms with Gasteiger partial charge >= 0.3 is 0 Å². The van der Waals surface area contributed by atoms with Crippen molar-refractivity contribution in [3.8, 4) is 22.0 Å². The van der Waals surface area contributed by atoms with Crippen molar-refractivity contribution in [2.45, 2.75) is 0 Å². The molecule has 0 amide bonds. The minimum absolute atomic E-state index is 0.506. The lowest BCUT2D eigenvalue weighted by atomic mass is 10.3. The van der Waals surface area contributed by atoms with Gasteiger partial charge in [-0.1, -0.05) is 23.4 Å². The number of benzene rings is 1. The molecule has 2 aromatic heterocycles. The molecule has 0 aliphatic heterocycles. The number of nitrogen functional groups attached to an aromatic ring is 1. The highest BCUT2D eigenvalue weighted by Crippen LogP contribution is 2.31. The fourth-order valence-electron chi connectivity index (χ4n) is 1.86. The number of hydrogen-bond acceptors (Lipinski definition) is 5. The molecule has 5 nitrogen and oxygen atoms in total. The van der Waals surface area contributed by atoms with Crippen molar-refractivity contribution in [3.63, 3.8) is 0 Å². The molecule has 19 heavy (non-hydrogen) atoms. The standard InChI is InChI=1S/C13H12N4OS/c1-18-10-6-3-2-5-9(10)17-13(14)12(15-16-17)11-7-4-8-19-11/h2-8H,14H2,1H3. The Kier molecular flexibility index (Phi) is 2.92. The molecule has 2 N–H and O–H groups in total. The quantitative estimate of drug-likeness (QED) is 0.796. The van der Waals surface area contributed by atoms with E-state index in [2.05, 4.69) is 10.3 Å². The number of rotatable bonds is 3. The maximum atomic E-state index is 6.14. The summed E-state index contributed by atoms with van der Waals surface area (Å²) in [5, 5.41) is 10.3. The summed E-state index contributed by atoms with van der Waals surface area (Å²) < 4.78 is 6.90. The van der Waals surface area contributed by atoms with Crippen molar-refractivity contribution < 1.29 is 4.74 Å². The van der Waals surface area contributed by atoms with E-state index in [-0.39, 0.29) is 0 Å². The first-order valence-electron chi connectivity index (χ1n) is 5.69. The third-order valence-corrected chi connectivity index (χ3v) is 3.65.